The van der Waals surface area contributed by atoms with Crippen molar-refractivity contribution in [2.45, 2.75) is 36.7 Å². The Hall–Kier alpha value is -2.32. The van der Waals surface area contributed by atoms with Gasteiger partial charge in [-0.25, -0.2) is 8.42 Å². The van der Waals surface area contributed by atoms with Gasteiger partial charge in [0.15, 0.2) is 0 Å². The Morgan fingerprint density at radius 2 is 1.88 bits per heavy atom. The SMILES string of the molecule is C[C@H](c1ccccn1)N(C1CC1)S(=O)(=O)c1ccc([N+](=O)[O-])cc1. The van der Waals surface area contributed by atoms with Crippen molar-refractivity contribution in [2.75, 3.05) is 0 Å². The number of nitro benzene ring substituents is 1. The minimum absolute atomic E-state index is 0.0535. The number of sulfonamides is 1. The van der Waals surface area contributed by atoms with Gasteiger partial charge in [0.1, 0.15) is 0 Å². The first-order chi connectivity index (χ1) is 11.4. The number of hydrogen-bond donors (Lipinski definition) is 0. The van der Waals surface area contributed by atoms with Gasteiger partial charge < -0.3 is 0 Å². The molecule has 126 valence electrons. The normalized spacial score (nSPS) is 16.1. The second-order valence-corrected chi connectivity index (χ2v) is 7.59. The predicted molar refractivity (Wildman–Crippen MR) is 87.8 cm³/mol. The van der Waals surface area contributed by atoms with Crippen molar-refractivity contribution in [3.8, 4) is 0 Å². The van der Waals surface area contributed by atoms with E-state index in [1.165, 1.54) is 28.6 Å². The van der Waals surface area contributed by atoms with Crippen molar-refractivity contribution >= 4 is 15.7 Å². The lowest BCUT2D eigenvalue weighted by Gasteiger charge is -2.28. The standard InChI is InChI=1S/C16H17N3O4S/c1-12(16-4-2-3-11-17-16)18(13-5-6-13)24(22,23)15-9-7-14(8-10-15)19(20)21/h2-4,7-13H,5-6H2,1H3/t12-/m1/s1. The van der Waals surface area contributed by atoms with Gasteiger partial charge in [0.05, 0.1) is 21.6 Å². The molecule has 0 saturated heterocycles. The molecule has 1 fully saturated rings. The summed E-state index contributed by atoms with van der Waals surface area (Å²) >= 11 is 0. The summed E-state index contributed by atoms with van der Waals surface area (Å²) in [6, 6.07) is 9.94. The molecule has 24 heavy (non-hydrogen) atoms. The first-order valence-electron chi connectivity index (χ1n) is 7.60. The lowest BCUT2D eigenvalue weighted by molar-refractivity contribution is -0.384. The first kappa shape index (κ1) is 16.5. The second kappa shape index (κ2) is 6.29. The topological polar surface area (TPSA) is 93.4 Å². The Labute approximate surface area is 140 Å². The molecular weight excluding hydrogens is 330 g/mol. The molecular formula is C16H17N3O4S. The molecule has 1 atom stereocenters. The quantitative estimate of drug-likeness (QED) is 0.591. The molecule has 2 aromatic rings. The predicted octanol–water partition coefficient (Wildman–Crippen LogP) is 2.90. The molecule has 1 aliphatic carbocycles. The third-order valence-electron chi connectivity index (χ3n) is 4.03. The van der Waals surface area contributed by atoms with Gasteiger partial charge in [-0.15, -0.1) is 0 Å². The van der Waals surface area contributed by atoms with Crippen LogP contribution in [0.15, 0.2) is 53.6 Å². The van der Waals surface area contributed by atoms with Gasteiger partial charge in [-0.1, -0.05) is 6.07 Å². The fourth-order valence-corrected chi connectivity index (χ4v) is 4.52. The molecule has 1 heterocycles. The molecule has 0 aliphatic heterocycles. The monoisotopic (exact) mass is 347 g/mol. The van der Waals surface area contributed by atoms with Crippen LogP contribution >= 0.6 is 0 Å². The molecule has 8 heteroatoms. The number of benzene rings is 1. The summed E-state index contributed by atoms with van der Waals surface area (Å²) in [6.45, 7) is 1.81. The molecule has 0 radical (unpaired) electrons. The van der Waals surface area contributed by atoms with Crippen molar-refractivity contribution in [3.63, 3.8) is 0 Å². The van der Waals surface area contributed by atoms with Crippen LogP contribution < -0.4 is 0 Å². The molecule has 0 N–H and O–H groups in total. The number of rotatable bonds is 6. The zero-order chi connectivity index (χ0) is 17.3. The van der Waals surface area contributed by atoms with Crippen molar-refractivity contribution in [2.24, 2.45) is 0 Å². The van der Waals surface area contributed by atoms with Crippen LogP contribution in [-0.4, -0.2) is 28.7 Å². The van der Waals surface area contributed by atoms with E-state index in [0.29, 0.717) is 5.69 Å². The molecule has 1 aliphatic rings. The first-order valence-corrected chi connectivity index (χ1v) is 9.04. The van der Waals surface area contributed by atoms with Crippen LogP contribution in [0.2, 0.25) is 0 Å². The van der Waals surface area contributed by atoms with Crippen LogP contribution in [0, 0.1) is 10.1 Å². The van der Waals surface area contributed by atoms with Gasteiger partial charge >= 0.3 is 0 Å². The van der Waals surface area contributed by atoms with Gasteiger partial charge in [-0.05, 0) is 44.0 Å². The van der Waals surface area contributed by atoms with E-state index in [9.17, 15) is 18.5 Å². The highest BCUT2D eigenvalue weighted by atomic mass is 32.2. The summed E-state index contributed by atoms with van der Waals surface area (Å²) in [4.78, 5) is 14.5. The van der Waals surface area contributed by atoms with Crippen LogP contribution in [0.5, 0.6) is 0 Å². The maximum atomic E-state index is 13.0. The van der Waals surface area contributed by atoms with Crippen molar-refractivity contribution in [1.82, 2.24) is 9.29 Å². The molecule has 1 aromatic heterocycles. The summed E-state index contributed by atoms with van der Waals surface area (Å²) in [5.74, 6) is 0. The highest BCUT2D eigenvalue weighted by molar-refractivity contribution is 7.89. The molecule has 0 spiro atoms. The van der Waals surface area contributed by atoms with E-state index in [1.54, 1.807) is 18.3 Å². The summed E-state index contributed by atoms with van der Waals surface area (Å²) in [5, 5.41) is 10.7. The van der Waals surface area contributed by atoms with Crippen LogP contribution in [0.25, 0.3) is 0 Å². The average Bonchev–Trinajstić information content (AvgIpc) is 3.40. The summed E-state index contributed by atoms with van der Waals surface area (Å²) in [6.07, 6.45) is 3.25. The van der Waals surface area contributed by atoms with Crippen LogP contribution in [-0.2, 0) is 10.0 Å². The van der Waals surface area contributed by atoms with E-state index < -0.39 is 21.0 Å². The van der Waals surface area contributed by atoms with E-state index in [2.05, 4.69) is 4.98 Å². The Kier molecular flexibility index (Phi) is 4.33. The van der Waals surface area contributed by atoms with Crippen molar-refractivity contribution in [1.29, 1.82) is 0 Å². The highest BCUT2D eigenvalue weighted by Gasteiger charge is 2.42. The Balaban J connectivity index is 1.96. The van der Waals surface area contributed by atoms with E-state index in [0.717, 1.165) is 12.8 Å². The molecule has 1 saturated carbocycles. The summed E-state index contributed by atoms with van der Waals surface area (Å²) in [7, 11) is -3.76. The minimum atomic E-state index is -3.76. The lowest BCUT2D eigenvalue weighted by Crippen LogP contribution is -2.35. The van der Waals surface area contributed by atoms with E-state index in [4.69, 9.17) is 0 Å². The number of non-ortho nitro benzene ring substituents is 1. The van der Waals surface area contributed by atoms with Gasteiger partial charge in [-0.2, -0.15) is 4.31 Å². The number of nitro groups is 1. The zero-order valence-corrected chi connectivity index (χ0v) is 13.9. The fourth-order valence-electron chi connectivity index (χ4n) is 2.66. The number of pyridine rings is 1. The van der Waals surface area contributed by atoms with Crippen molar-refractivity contribution in [3.05, 3.63) is 64.5 Å². The summed E-state index contributed by atoms with van der Waals surface area (Å²) in [5.41, 5.74) is 0.541. The average molecular weight is 347 g/mol. The third kappa shape index (κ3) is 3.15. The largest absolute Gasteiger partial charge is 0.269 e. The Morgan fingerprint density at radius 1 is 1.21 bits per heavy atom. The van der Waals surface area contributed by atoms with E-state index in [1.807, 2.05) is 13.0 Å². The zero-order valence-electron chi connectivity index (χ0n) is 13.1. The summed E-state index contributed by atoms with van der Waals surface area (Å²) < 4.78 is 27.5. The van der Waals surface area contributed by atoms with Crippen molar-refractivity contribution < 1.29 is 13.3 Å². The molecule has 0 unspecified atom stereocenters. The van der Waals surface area contributed by atoms with Gasteiger partial charge in [0.2, 0.25) is 10.0 Å². The molecule has 0 bridgehead atoms. The molecule has 0 amide bonds. The minimum Gasteiger partial charge on any atom is -0.260 e. The van der Waals surface area contributed by atoms with E-state index >= 15 is 0 Å². The number of aromatic nitrogens is 1. The maximum Gasteiger partial charge on any atom is 0.269 e. The van der Waals surface area contributed by atoms with Gasteiger partial charge in [0.25, 0.3) is 5.69 Å². The maximum absolute atomic E-state index is 13.0. The molecule has 1 aromatic carbocycles. The highest BCUT2D eigenvalue weighted by Crippen LogP contribution is 2.38. The van der Waals surface area contributed by atoms with E-state index in [-0.39, 0.29) is 16.6 Å². The molecule has 7 nitrogen and oxygen atoms in total. The van der Waals surface area contributed by atoms with Crippen LogP contribution in [0.4, 0.5) is 5.69 Å². The lowest BCUT2D eigenvalue weighted by atomic mass is 10.2. The second-order valence-electron chi connectivity index (χ2n) is 5.75. The molecule has 3 rings (SSSR count). The van der Waals surface area contributed by atoms with Gasteiger partial charge in [0, 0.05) is 24.4 Å². The smallest absolute Gasteiger partial charge is 0.260 e. The number of hydrogen-bond acceptors (Lipinski definition) is 5. The van der Waals surface area contributed by atoms with Crippen LogP contribution in [0.1, 0.15) is 31.5 Å². The Bertz CT molecular complexity index is 833. The number of nitrogens with zero attached hydrogens (tertiary/aromatic N) is 3. The van der Waals surface area contributed by atoms with Gasteiger partial charge in [-0.3, -0.25) is 15.1 Å². The third-order valence-corrected chi connectivity index (χ3v) is 6.06. The Morgan fingerprint density at radius 3 is 2.38 bits per heavy atom. The van der Waals surface area contributed by atoms with Crippen LogP contribution in [0.3, 0.4) is 0 Å². The fraction of sp³-hybridized carbons (Fsp3) is 0.312.